The predicted octanol–water partition coefficient (Wildman–Crippen LogP) is 4.01. The molecule has 3 rings (SSSR count). The highest BCUT2D eigenvalue weighted by Gasteiger charge is 2.29. The molecule has 24 heavy (non-hydrogen) atoms. The van der Waals surface area contributed by atoms with Gasteiger partial charge in [-0.05, 0) is 42.7 Å². The molecule has 0 saturated heterocycles. The van der Waals surface area contributed by atoms with Gasteiger partial charge in [-0.15, -0.1) is 0 Å². The predicted molar refractivity (Wildman–Crippen MR) is 95.1 cm³/mol. The van der Waals surface area contributed by atoms with Gasteiger partial charge in [-0.1, -0.05) is 35.9 Å². The Balaban J connectivity index is 1.54. The first-order valence-corrected chi connectivity index (χ1v) is 8.19. The lowest BCUT2D eigenvalue weighted by molar-refractivity contribution is -0.117. The normalized spacial score (nSPS) is 13.2. The molecule has 0 bridgehead atoms. The van der Waals surface area contributed by atoms with Gasteiger partial charge in [-0.3, -0.25) is 4.79 Å². The molecule has 3 N–H and O–H groups in total. The van der Waals surface area contributed by atoms with E-state index < -0.39 is 0 Å². The highest BCUT2D eigenvalue weighted by Crippen LogP contribution is 2.30. The van der Waals surface area contributed by atoms with Crippen LogP contribution >= 0.6 is 11.6 Å². The van der Waals surface area contributed by atoms with Crippen LogP contribution in [0.25, 0.3) is 0 Å². The fourth-order valence-electron chi connectivity index (χ4n) is 2.26. The number of halogens is 1. The van der Waals surface area contributed by atoms with Crippen molar-refractivity contribution < 1.29 is 9.59 Å². The summed E-state index contributed by atoms with van der Waals surface area (Å²) in [7, 11) is 0. The molecule has 0 radical (unpaired) electrons. The first kappa shape index (κ1) is 16.3. The quantitative estimate of drug-likeness (QED) is 0.767. The molecule has 0 atom stereocenters. The molecular formula is C18H18ClN3O2. The van der Waals surface area contributed by atoms with E-state index in [1.165, 1.54) is 0 Å². The van der Waals surface area contributed by atoms with Crippen LogP contribution < -0.4 is 16.0 Å². The summed E-state index contributed by atoms with van der Waals surface area (Å²) in [4.78, 5) is 23.8. The Morgan fingerprint density at radius 3 is 2.42 bits per heavy atom. The Morgan fingerprint density at radius 2 is 1.71 bits per heavy atom. The van der Waals surface area contributed by atoms with E-state index in [2.05, 4.69) is 16.0 Å². The van der Waals surface area contributed by atoms with Crippen LogP contribution in [0.3, 0.4) is 0 Å². The van der Waals surface area contributed by atoms with Gasteiger partial charge in [0.25, 0.3) is 0 Å². The van der Waals surface area contributed by atoms with E-state index in [9.17, 15) is 9.59 Å². The van der Waals surface area contributed by atoms with Crippen molar-refractivity contribution in [1.82, 2.24) is 5.32 Å². The van der Waals surface area contributed by atoms with E-state index in [1.807, 2.05) is 18.2 Å². The zero-order valence-electron chi connectivity index (χ0n) is 13.0. The first-order chi connectivity index (χ1) is 11.6. The van der Waals surface area contributed by atoms with E-state index in [4.69, 9.17) is 11.6 Å². The molecule has 1 fully saturated rings. The number of benzene rings is 2. The minimum absolute atomic E-state index is 0.0373. The molecule has 0 spiro atoms. The van der Waals surface area contributed by atoms with Crippen molar-refractivity contribution in [2.45, 2.75) is 19.4 Å². The van der Waals surface area contributed by atoms with E-state index in [0.717, 1.165) is 18.4 Å². The van der Waals surface area contributed by atoms with Crippen LogP contribution in [0.15, 0.2) is 48.5 Å². The van der Waals surface area contributed by atoms with Crippen LogP contribution in [-0.4, -0.2) is 11.9 Å². The number of carbonyl (C=O) groups is 2. The summed E-state index contributed by atoms with van der Waals surface area (Å²) in [6, 6.07) is 14.1. The van der Waals surface area contributed by atoms with E-state index in [0.29, 0.717) is 22.9 Å². The van der Waals surface area contributed by atoms with Crippen LogP contribution in [0.5, 0.6) is 0 Å². The third kappa shape index (κ3) is 4.49. The third-order valence-electron chi connectivity index (χ3n) is 3.73. The molecule has 0 aliphatic heterocycles. The topological polar surface area (TPSA) is 70.2 Å². The van der Waals surface area contributed by atoms with Crippen LogP contribution in [0.1, 0.15) is 18.4 Å². The Morgan fingerprint density at radius 1 is 1.00 bits per heavy atom. The van der Waals surface area contributed by atoms with Gasteiger partial charge in [0.2, 0.25) is 5.91 Å². The second-order valence-electron chi connectivity index (χ2n) is 5.74. The summed E-state index contributed by atoms with van der Waals surface area (Å²) in [5.74, 6) is 0.177. The SMILES string of the molecule is O=C(NCc1ccccc1Cl)Nc1cccc(NC(=O)C2CC2)c1. The Labute approximate surface area is 145 Å². The number of rotatable bonds is 5. The van der Waals surface area contributed by atoms with Crippen LogP contribution in [0.4, 0.5) is 16.2 Å². The summed E-state index contributed by atoms with van der Waals surface area (Å²) in [5.41, 5.74) is 2.14. The van der Waals surface area contributed by atoms with Crippen molar-refractivity contribution in [3.63, 3.8) is 0 Å². The monoisotopic (exact) mass is 343 g/mol. The average molecular weight is 344 g/mol. The van der Waals surface area contributed by atoms with Gasteiger partial charge in [-0.2, -0.15) is 0 Å². The minimum Gasteiger partial charge on any atom is -0.334 e. The molecule has 0 heterocycles. The number of hydrogen-bond donors (Lipinski definition) is 3. The lowest BCUT2D eigenvalue weighted by Crippen LogP contribution is -2.28. The van der Waals surface area contributed by atoms with Gasteiger partial charge in [-0.25, -0.2) is 4.79 Å². The largest absolute Gasteiger partial charge is 0.334 e. The highest BCUT2D eigenvalue weighted by molar-refractivity contribution is 6.31. The number of nitrogens with one attached hydrogen (secondary N) is 3. The fraction of sp³-hybridized carbons (Fsp3) is 0.222. The van der Waals surface area contributed by atoms with Crippen LogP contribution in [0, 0.1) is 5.92 Å². The standard InChI is InChI=1S/C18H18ClN3O2/c19-16-7-2-1-4-13(16)11-20-18(24)22-15-6-3-5-14(10-15)21-17(23)12-8-9-12/h1-7,10,12H,8-9,11H2,(H,21,23)(H2,20,22,24). The molecule has 2 aromatic carbocycles. The summed E-state index contributed by atoms with van der Waals surface area (Å²) >= 11 is 6.06. The van der Waals surface area contributed by atoms with Gasteiger partial charge in [0.15, 0.2) is 0 Å². The minimum atomic E-state index is -0.333. The Hall–Kier alpha value is -2.53. The van der Waals surface area contributed by atoms with Crippen molar-refractivity contribution >= 4 is 34.9 Å². The molecule has 1 aliphatic rings. The Kier molecular flexibility index (Phi) is 5.01. The van der Waals surface area contributed by atoms with Crippen molar-refractivity contribution in [1.29, 1.82) is 0 Å². The molecule has 3 amide bonds. The summed E-state index contributed by atoms with van der Waals surface area (Å²) in [6.07, 6.45) is 1.91. The molecule has 1 saturated carbocycles. The molecule has 124 valence electrons. The van der Waals surface area contributed by atoms with Gasteiger partial charge in [0, 0.05) is 28.9 Å². The summed E-state index contributed by atoms with van der Waals surface area (Å²) in [6.45, 7) is 0.337. The number of anilines is 2. The lowest BCUT2D eigenvalue weighted by atomic mass is 10.2. The number of urea groups is 1. The van der Waals surface area contributed by atoms with Gasteiger partial charge < -0.3 is 16.0 Å². The second kappa shape index (κ2) is 7.36. The molecule has 0 aromatic heterocycles. The molecule has 1 aliphatic carbocycles. The van der Waals surface area contributed by atoms with Crippen molar-refractivity contribution in [2.75, 3.05) is 10.6 Å². The van der Waals surface area contributed by atoms with Gasteiger partial charge >= 0.3 is 6.03 Å². The lowest BCUT2D eigenvalue weighted by Gasteiger charge is -2.10. The first-order valence-electron chi connectivity index (χ1n) is 7.81. The maximum Gasteiger partial charge on any atom is 0.319 e. The number of amides is 3. The van der Waals surface area contributed by atoms with Crippen LogP contribution in [-0.2, 0) is 11.3 Å². The number of carbonyl (C=O) groups excluding carboxylic acids is 2. The highest BCUT2D eigenvalue weighted by atomic mass is 35.5. The van der Waals surface area contributed by atoms with E-state index in [1.54, 1.807) is 30.3 Å². The average Bonchev–Trinajstić information content (AvgIpc) is 3.39. The molecule has 0 unspecified atom stereocenters. The summed E-state index contributed by atoms with van der Waals surface area (Å²) < 4.78 is 0. The zero-order chi connectivity index (χ0) is 16.9. The molecular weight excluding hydrogens is 326 g/mol. The van der Waals surface area contributed by atoms with E-state index in [-0.39, 0.29) is 17.9 Å². The molecule has 6 heteroatoms. The van der Waals surface area contributed by atoms with Crippen LogP contribution in [0.2, 0.25) is 5.02 Å². The second-order valence-corrected chi connectivity index (χ2v) is 6.15. The summed E-state index contributed by atoms with van der Waals surface area (Å²) in [5, 5.41) is 8.97. The van der Waals surface area contributed by atoms with Crippen molar-refractivity contribution in [3.05, 3.63) is 59.1 Å². The van der Waals surface area contributed by atoms with Crippen molar-refractivity contribution in [3.8, 4) is 0 Å². The number of hydrogen-bond acceptors (Lipinski definition) is 2. The maximum atomic E-state index is 12.0. The molecule has 2 aromatic rings. The Bertz CT molecular complexity index is 759. The maximum absolute atomic E-state index is 12.0. The van der Waals surface area contributed by atoms with Gasteiger partial charge in [0.05, 0.1) is 0 Å². The fourth-order valence-corrected chi connectivity index (χ4v) is 2.46. The smallest absolute Gasteiger partial charge is 0.319 e. The van der Waals surface area contributed by atoms with E-state index >= 15 is 0 Å². The zero-order valence-corrected chi connectivity index (χ0v) is 13.8. The third-order valence-corrected chi connectivity index (χ3v) is 4.10. The molecule has 5 nitrogen and oxygen atoms in total. The van der Waals surface area contributed by atoms with Crippen molar-refractivity contribution in [2.24, 2.45) is 5.92 Å². The van der Waals surface area contributed by atoms with Gasteiger partial charge in [0.1, 0.15) is 0 Å².